The van der Waals surface area contributed by atoms with Gasteiger partial charge in [0.1, 0.15) is 17.7 Å². The monoisotopic (exact) mass is 707 g/mol. The number of carbonyl (C=O) groups is 2. The number of fused-ring (bicyclic) bond motifs is 1. The van der Waals surface area contributed by atoms with Crippen molar-refractivity contribution in [3.05, 3.63) is 132 Å². The first kappa shape index (κ1) is 35.8. The maximum atomic E-state index is 14.2. The summed E-state index contributed by atoms with van der Waals surface area (Å²) in [6.07, 6.45) is 4.99. The van der Waals surface area contributed by atoms with Crippen molar-refractivity contribution in [1.82, 2.24) is 34.6 Å². The summed E-state index contributed by atoms with van der Waals surface area (Å²) in [6, 6.07) is 34.3. The Kier molecular flexibility index (Phi) is 11.1. The first-order valence-corrected chi connectivity index (χ1v) is 19.0. The average molecular weight is 708 g/mol. The first-order valence-electron chi connectivity index (χ1n) is 19.0. The van der Waals surface area contributed by atoms with Crippen molar-refractivity contribution in [3.8, 4) is 22.4 Å². The molecule has 0 saturated carbocycles. The van der Waals surface area contributed by atoms with Crippen molar-refractivity contribution in [3.63, 3.8) is 0 Å². The van der Waals surface area contributed by atoms with Crippen LogP contribution in [0.2, 0.25) is 0 Å². The SMILES string of the molecule is CCCN(Cc1nc2ccc(-c3cccc(-c4cnc([C@@H]5CCCN5C(=O)Cc5ccccc5)[nH]4)c3)cc2[nH]1)C(=O)[C@@H](c1ccccc1)N(CC)CC. The molecule has 0 aliphatic carbocycles. The van der Waals surface area contributed by atoms with Crippen molar-refractivity contribution in [2.24, 2.45) is 0 Å². The zero-order chi connectivity index (χ0) is 36.7. The molecule has 0 spiro atoms. The average Bonchev–Trinajstić information content (AvgIpc) is 3.97. The minimum absolute atomic E-state index is 0.0508. The van der Waals surface area contributed by atoms with Crippen LogP contribution in [-0.2, 0) is 22.6 Å². The Morgan fingerprint density at radius 2 is 1.58 bits per heavy atom. The molecule has 6 aromatic rings. The summed E-state index contributed by atoms with van der Waals surface area (Å²) in [4.78, 5) is 50.4. The maximum Gasteiger partial charge on any atom is 0.244 e. The summed E-state index contributed by atoms with van der Waals surface area (Å²) in [5.41, 5.74) is 7.93. The minimum atomic E-state index is -0.341. The van der Waals surface area contributed by atoms with Crippen LogP contribution < -0.4 is 0 Å². The molecule has 1 saturated heterocycles. The number of aromatic amines is 2. The lowest BCUT2D eigenvalue weighted by atomic mass is 10.0. The second-order valence-electron chi connectivity index (χ2n) is 13.9. The number of rotatable bonds is 14. The van der Waals surface area contributed by atoms with Crippen molar-refractivity contribution < 1.29 is 9.59 Å². The summed E-state index contributed by atoms with van der Waals surface area (Å²) in [6.45, 7) is 9.70. The van der Waals surface area contributed by atoms with Gasteiger partial charge in [0.25, 0.3) is 0 Å². The number of hydrogen-bond acceptors (Lipinski definition) is 5. The summed E-state index contributed by atoms with van der Waals surface area (Å²) >= 11 is 0. The van der Waals surface area contributed by atoms with Gasteiger partial charge in [-0.3, -0.25) is 14.5 Å². The molecule has 3 heterocycles. The Morgan fingerprint density at radius 3 is 2.34 bits per heavy atom. The number of benzene rings is 4. The van der Waals surface area contributed by atoms with E-state index >= 15 is 0 Å². The van der Waals surface area contributed by atoms with Gasteiger partial charge in [-0.15, -0.1) is 0 Å². The molecule has 1 aliphatic rings. The third kappa shape index (κ3) is 7.95. The van der Waals surface area contributed by atoms with E-state index in [1.165, 1.54) is 0 Å². The van der Waals surface area contributed by atoms with Crippen LogP contribution in [-0.4, -0.2) is 72.6 Å². The van der Waals surface area contributed by atoms with E-state index in [1.54, 1.807) is 0 Å². The van der Waals surface area contributed by atoms with E-state index < -0.39 is 0 Å². The topological polar surface area (TPSA) is 101 Å². The normalized spacial score (nSPS) is 14.9. The highest BCUT2D eigenvalue weighted by atomic mass is 16.2. The maximum absolute atomic E-state index is 14.2. The molecule has 7 rings (SSSR count). The van der Waals surface area contributed by atoms with Crippen LogP contribution in [0.4, 0.5) is 0 Å². The molecular formula is C44H49N7O2. The highest BCUT2D eigenvalue weighted by Crippen LogP contribution is 2.33. The standard InChI is InChI=1S/C44H49N7O2/c1-4-24-50(44(53)42(49(5-2)6-3)32-17-11-8-12-18-32)30-40-46-36-23-22-34(28-37(36)47-40)33-19-13-20-35(27-33)38-29-45-43(48-38)39-21-14-25-51(39)41(52)26-31-15-9-7-10-16-31/h7-13,15-20,22-23,27-29,39,42H,4-6,14,21,24-26,30H2,1-3H3,(H,45,48)(H,46,47)/t39-,42+/m0/s1. The summed E-state index contributed by atoms with van der Waals surface area (Å²) in [5, 5.41) is 0. The van der Waals surface area contributed by atoms with E-state index in [0.717, 1.165) is 95.1 Å². The molecule has 2 amide bonds. The van der Waals surface area contributed by atoms with Gasteiger partial charge in [-0.1, -0.05) is 106 Å². The zero-order valence-electron chi connectivity index (χ0n) is 31.0. The van der Waals surface area contributed by atoms with E-state index in [-0.39, 0.29) is 23.9 Å². The molecule has 53 heavy (non-hydrogen) atoms. The molecule has 0 bridgehead atoms. The number of H-pyrrole nitrogens is 2. The van der Waals surface area contributed by atoms with E-state index in [2.05, 4.69) is 72.0 Å². The Morgan fingerprint density at radius 1 is 0.849 bits per heavy atom. The molecule has 1 fully saturated rings. The van der Waals surface area contributed by atoms with Gasteiger partial charge in [-0.2, -0.15) is 0 Å². The van der Waals surface area contributed by atoms with Crippen LogP contribution in [0.3, 0.4) is 0 Å². The number of likely N-dealkylation sites (N-methyl/N-ethyl adjacent to an activating group) is 1. The van der Waals surface area contributed by atoms with Gasteiger partial charge in [0.05, 0.1) is 41.9 Å². The second kappa shape index (κ2) is 16.4. The largest absolute Gasteiger partial charge is 0.340 e. The fourth-order valence-electron chi connectivity index (χ4n) is 7.68. The summed E-state index contributed by atoms with van der Waals surface area (Å²) in [7, 11) is 0. The Labute approximate surface area is 312 Å². The molecule has 9 heteroatoms. The van der Waals surface area contributed by atoms with Gasteiger partial charge in [0, 0.05) is 18.7 Å². The van der Waals surface area contributed by atoms with E-state index in [1.807, 2.05) is 82.7 Å². The van der Waals surface area contributed by atoms with Gasteiger partial charge in [0.15, 0.2) is 0 Å². The van der Waals surface area contributed by atoms with Crippen LogP contribution in [0.5, 0.6) is 0 Å². The Hall–Kier alpha value is -5.54. The van der Waals surface area contributed by atoms with Gasteiger partial charge >= 0.3 is 0 Å². The number of nitrogens with zero attached hydrogens (tertiary/aromatic N) is 5. The highest BCUT2D eigenvalue weighted by Gasteiger charge is 2.32. The zero-order valence-corrected chi connectivity index (χ0v) is 31.0. The third-order valence-electron chi connectivity index (χ3n) is 10.4. The molecule has 9 nitrogen and oxygen atoms in total. The second-order valence-corrected chi connectivity index (χ2v) is 13.9. The van der Waals surface area contributed by atoms with Crippen LogP contribution in [0, 0.1) is 0 Å². The van der Waals surface area contributed by atoms with E-state index in [9.17, 15) is 9.59 Å². The van der Waals surface area contributed by atoms with Gasteiger partial charge < -0.3 is 19.8 Å². The number of carbonyl (C=O) groups excluding carboxylic acids is 2. The third-order valence-corrected chi connectivity index (χ3v) is 10.4. The molecule has 272 valence electrons. The quantitative estimate of drug-likeness (QED) is 0.119. The Balaban J connectivity index is 1.08. The smallest absolute Gasteiger partial charge is 0.244 e. The van der Waals surface area contributed by atoms with Crippen molar-refractivity contribution in [2.45, 2.75) is 65.1 Å². The lowest BCUT2D eigenvalue weighted by molar-refractivity contribution is -0.138. The number of imidazole rings is 2. The first-order chi connectivity index (χ1) is 25.9. The fraction of sp³-hybridized carbons (Fsp3) is 0.318. The summed E-state index contributed by atoms with van der Waals surface area (Å²) in [5.74, 6) is 1.84. The number of hydrogen-bond donors (Lipinski definition) is 2. The lowest BCUT2D eigenvalue weighted by Gasteiger charge is -2.33. The molecule has 0 unspecified atom stereocenters. The molecule has 0 radical (unpaired) electrons. The van der Waals surface area contributed by atoms with Crippen LogP contribution in [0.25, 0.3) is 33.4 Å². The molecular weight excluding hydrogens is 659 g/mol. The van der Waals surface area contributed by atoms with Gasteiger partial charge in [-0.05, 0) is 72.8 Å². The highest BCUT2D eigenvalue weighted by molar-refractivity contribution is 5.85. The van der Waals surface area contributed by atoms with Crippen LogP contribution in [0.15, 0.2) is 109 Å². The number of amides is 2. The number of likely N-dealkylation sites (tertiary alicyclic amines) is 1. The van der Waals surface area contributed by atoms with Crippen molar-refractivity contribution in [2.75, 3.05) is 26.2 Å². The summed E-state index contributed by atoms with van der Waals surface area (Å²) < 4.78 is 0. The predicted octanol–water partition coefficient (Wildman–Crippen LogP) is 8.35. The van der Waals surface area contributed by atoms with Gasteiger partial charge in [-0.25, -0.2) is 9.97 Å². The molecule has 2 N–H and O–H groups in total. The van der Waals surface area contributed by atoms with Crippen LogP contribution >= 0.6 is 0 Å². The molecule has 1 aliphatic heterocycles. The molecule has 2 aromatic heterocycles. The molecule has 4 aromatic carbocycles. The fourth-order valence-corrected chi connectivity index (χ4v) is 7.68. The van der Waals surface area contributed by atoms with Crippen molar-refractivity contribution in [1.29, 1.82) is 0 Å². The van der Waals surface area contributed by atoms with E-state index in [0.29, 0.717) is 19.5 Å². The number of nitrogens with one attached hydrogen (secondary N) is 2. The molecule has 2 atom stereocenters. The Bertz CT molecular complexity index is 2140. The van der Waals surface area contributed by atoms with Gasteiger partial charge in [0.2, 0.25) is 11.8 Å². The number of aromatic nitrogens is 4. The van der Waals surface area contributed by atoms with E-state index in [4.69, 9.17) is 9.97 Å². The van der Waals surface area contributed by atoms with Crippen molar-refractivity contribution >= 4 is 22.8 Å². The van der Waals surface area contributed by atoms with Crippen LogP contribution in [0.1, 0.15) is 74.9 Å². The predicted molar refractivity (Wildman–Crippen MR) is 211 cm³/mol. The lowest BCUT2D eigenvalue weighted by Crippen LogP contribution is -2.43. The minimum Gasteiger partial charge on any atom is -0.340 e.